The highest BCUT2D eigenvalue weighted by Crippen LogP contribution is 2.20. The summed E-state index contributed by atoms with van der Waals surface area (Å²) in [6.07, 6.45) is 0. The molecular weight excluding hydrogens is 326 g/mol. The van der Waals surface area contributed by atoms with E-state index in [2.05, 4.69) is 25.7 Å². The van der Waals surface area contributed by atoms with Crippen LogP contribution < -0.4 is 11.2 Å². The first-order valence-electron chi connectivity index (χ1n) is 7.25. The summed E-state index contributed by atoms with van der Waals surface area (Å²) in [6.45, 7) is 3.86. The molecule has 0 aliphatic carbocycles. The molecule has 0 aliphatic heterocycles. The molecule has 8 nitrogen and oxygen atoms in total. The Balaban J connectivity index is 1.63. The topological polar surface area (TPSA) is 115 Å². The Kier molecular flexibility index (Phi) is 4.52. The van der Waals surface area contributed by atoms with E-state index in [1.807, 2.05) is 44.2 Å². The highest BCUT2D eigenvalue weighted by Gasteiger charge is 2.15. The van der Waals surface area contributed by atoms with Gasteiger partial charge in [-0.25, -0.2) is 4.68 Å². The number of nitrogens with two attached hydrogens (primary N) is 1. The third kappa shape index (κ3) is 3.57. The standard InChI is InChI=1S/C15H17N7OS/c1-9-4-3-5-11(6-9)17-13(23)8-24-15-21-20-14(22(15)16)12-7-10(2)18-19-12/h3-7H,8,16H2,1-2H3,(H,17,23)(H,18,19). The van der Waals surface area contributed by atoms with Gasteiger partial charge in [0.25, 0.3) is 0 Å². The van der Waals surface area contributed by atoms with Gasteiger partial charge in [0.15, 0.2) is 0 Å². The summed E-state index contributed by atoms with van der Waals surface area (Å²) in [7, 11) is 0. The van der Waals surface area contributed by atoms with Crippen LogP contribution in [0.5, 0.6) is 0 Å². The lowest BCUT2D eigenvalue weighted by Crippen LogP contribution is -2.16. The summed E-state index contributed by atoms with van der Waals surface area (Å²) in [5.41, 5.74) is 3.36. The second-order valence-corrected chi connectivity index (χ2v) is 6.26. The molecule has 124 valence electrons. The van der Waals surface area contributed by atoms with Gasteiger partial charge >= 0.3 is 0 Å². The van der Waals surface area contributed by atoms with Crippen LogP contribution in [0.2, 0.25) is 0 Å². The first kappa shape index (κ1) is 16.1. The summed E-state index contributed by atoms with van der Waals surface area (Å²) < 4.78 is 1.33. The molecule has 9 heteroatoms. The molecule has 2 heterocycles. The average Bonchev–Trinajstić information content (AvgIpc) is 3.11. The molecule has 1 aromatic carbocycles. The molecule has 0 aliphatic rings. The number of H-pyrrole nitrogens is 1. The van der Waals surface area contributed by atoms with Gasteiger partial charge in [-0.15, -0.1) is 10.2 Å². The summed E-state index contributed by atoms with van der Waals surface area (Å²) in [5.74, 6) is 6.48. The number of carbonyl (C=O) groups excluding carboxylic acids is 1. The van der Waals surface area contributed by atoms with Crippen LogP contribution in [-0.2, 0) is 4.79 Å². The molecule has 3 rings (SSSR count). The van der Waals surface area contributed by atoms with Gasteiger partial charge in [-0.2, -0.15) is 5.10 Å². The van der Waals surface area contributed by atoms with Crippen molar-refractivity contribution in [3.63, 3.8) is 0 Å². The lowest BCUT2D eigenvalue weighted by molar-refractivity contribution is -0.113. The third-order valence-corrected chi connectivity index (χ3v) is 4.18. The Hall–Kier alpha value is -2.81. The minimum atomic E-state index is -0.134. The minimum absolute atomic E-state index is 0.134. The Morgan fingerprint density at radius 1 is 1.33 bits per heavy atom. The van der Waals surface area contributed by atoms with E-state index in [-0.39, 0.29) is 11.7 Å². The van der Waals surface area contributed by atoms with Gasteiger partial charge in [-0.3, -0.25) is 9.89 Å². The van der Waals surface area contributed by atoms with E-state index in [1.54, 1.807) is 0 Å². The number of benzene rings is 1. The number of rotatable bonds is 5. The van der Waals surface area contributed by atoms with Crippen LogP contribution in [-0.4, -0.2) is 36.7 Å². The van der Waals surface area contributed by atoms with Crippen LogP contribution in [0, 0.1) is 13.8 Å². The van der Waals surface area contributed by atoms with Crippen molar-refractivity contribution in [3.8, 4) is 11.5 Å². The maximum Gasteiger partial charge on any atom is 0.234 e. The number of amides is 1. The molecule has 0 fully saturated rings. The van der Waals surface area contributed by atoms with Gasteiger partial charge in [0.1, 0.15) is 5.69 Å². The van der Waals surface area contributed by atoms with Crippen LogP contribution >= 0.6 is 11.8 Å². The largest absolute Gasteiger partial charge is 0.335 e. The number of hydrogen-bond donors (Lipinski definition) is 3. The molecule has 0 spiro atoms. The van der Waals surface area contributed by atoms with Crippen LogP contribution in [0.25, 0.3) is 11.5 Å². The quantitative estimate of drug-likeness (QED) is 0.480. The number of aryl methyl sites for hydroxylation is 2. The first-order chi connectivity index (χ1) is 11.5. The van der Waals surface area contributed by atoms with Crippen molar-refractivity contribution in [2.24, 2.45) is 0 Å². The zero-order chi connectivity index (χ0) is 17.1. The van der Waals surface area contributed by atoms with Crippen molar-refractivity contribution in [3.05, 3.63) is 41.6 Å². The normalized spacial score (nSPS) is 10.8. The summed E-state index contributed by atoms with van der Waals surface area (Å²) >= 11 is 1.22. The SMILES string of the molecule is Cc1cccc(NC(=O)CSc2nnc(-c3cc(C)[nH]n3)n2N)c1. The summed E-state index contributed by atoms with van der Waals surface area (Å²) in [4.78, 5) is 12.0. The number of aromatic amines is 1. The van der Waals surface area contributed by atoms with Crippen molar-refractivity contribution in [2.75, 3.05) is 16.9 Å². The fraction of sp³-hybridized carbons (Fsp3) is 0.200. The van der Waals surface area contributed by atoms with E-state index in [1.165, 1.54) is 16.4 Å². The lowest BCUT2D eigenvalue weighted by Gasteiger charge is -2.05. The first-order valence-corrected chi connectivity index (χ1v) is 8.23. The van der Waals surface area contributed by atoms with E-state index < -0.39 is 0 Å². The van der Waals surface area contributed by atoms with Crippen molar-refractivity contribution in [2.45, 2.75) is 19.0 Å². The summed E-state index contributed by atoms with van der Waals surface area (Å²) in [5, 5.41) is 18.3. The van der Waals surface area contributed by atoms with E-state index in [0.717, 1.165) is 16.9 Å². The number of nitrogens with one attached hydrogen (secondary N) is 2. The van der Waals surface area contributed by atoms with Gasteiger partial charge in [0, 0.05) is 11.4 Å². The molecule has 0 atom stereocenters. The zero-order valence-electron chi connectivity index (χ0n) is 13.3. The van der Waals surface area contributed by atoms with E-state index in [4.69, 9.17) is 5.84 Å². The van der Waals surface area contributed by atoms with Crippen LogP contribution in [0.1, 0.15) is 11.3 Å². The minimum Gasteiger partial charge on any atom is -0.335 e. The molecular formula is C15H17N7OS. The van der Waals surface area contributed by atoms with Gasteiger partial charge in [0.2, 0.25) is 16.9 Å². The van der Waals surface area contributed by atoms with E-state index in [0.29, 0.717) is 16.7 Å². The number of thioether (sulfide) groups is 1. The molecule has 0 saturated heterocycles. The Morgan fingerprint density at radius 3 is 2.88 bits per heavy atom. The van der Waals surface area contributed by atoms with E-state index >= 15 is 0 Å². The molecule has 1 amide bonds. The van der Waals surface area contributed by atoms with Crippen molar-refractivity contribution >= 4 is 23.4 Å². The molecule has 0 unspecified atom stereocenters. The predicted molar refractivity (Wildman–Crippen MR) is 93.0 cm³/mol. The monoisotopic (exact) mass is 343 g/mol. The molecule has 4 N–H and O–H groups in total. The molecule has 2 aromatic heterocycles. The Labute approximate surface area is 142 Å². The Bertz CT molecular complexity index is 870. The average molecular weight is 343 g/mol. The van der Waals surface area contributed by atoms with Crippen LogP contribution in [0.15, 0.2) is 35.5 Å². The van der Waals surface area contributed by atoms with Gasteiger partial charge < -0.3 is 11.2 Å². The van der Waals surface area contributed by atoms with Crippen molar-refractivity contribution < 1.29 is 4.79 Å². The Morgan fingerprint density at radius 2 is 2.17 bits per heavy atom. The highest BCUT2D eigenvalue weighted by molar-refractivity contribution is 7.99. The predicted octanol–water partition coefficient (Wildman–Crippen LogP) is 1.73. The molecule has 3 aromatic rings. The number of hydrogen-bond acceptors (Lipinski definition) is 6. The number of nitrogen functional groups attached to an aromatic ring is 1. The smallest absolute Gasteiger partial charge is 0.234 e. The van der Waals surface area contributed by atoms with Crippen molar-refractivity contribution in [1.82, 2.24) is 25.1 Å². The molecule has 0 radical (unpaired) electrons. The van der Waals surface area contributed by atoms with Gasteiger partial charge in [-0.1, -0.05) is 23.9 Å². The molecule has 0 saturated carbocycles. The third-order valence-electron chi connectivity index (χ3n) is 3.23. The van der Waals surface area contributed by atoms with Gasteiger partial charge in [0.05, 0.1) is 5.75 Å². The fourth-order valence-electron chi connectivity index (χ4n) is 2.13. The van der Waals surface area contributed by atoms with Gasteiger partial charge in [-0.05, 0) is 37.6 Å². The van der Waals surface area contributed by atoms with Crippen LogP contribution in [0.4, 0.5) is 5.69 Å². The number of nitrogens with zero attached hydrogens (tertiary/aromatic N) is 4. The molecule has 0 bridgehead atoms. The van der Waals surface area contributed by atoms with E-state index in [9.17, 15) is 4.79 Å². The second-order valence-electron chi connectivity index (χ2n) is 5.32. The maximum absolute atomic E-state index is 12.0. The second kappa shape index (κ2) is 6.75. The van der Waals surface area contributed by atoms with Crippen molar-refractivity contribution in [1.29, 1.82) is 0 Å². The highest BCUT2D eigenvalue weighted by atomic mass is 32.2. The molecule has 24 heavy (non-hydrogen) atoms. The number of aromatic nitrogens is 5. The fourth-order valence-corrected chi connectivity index (χ4v) is 2.79. The number of anilines is 1. The zero-order valence-corrected chi connectivity index (χ0v) is 14.1. The van der Waals surface area contributed by atoms with Crippen LogP contribution in [0.3, 0.4) is 0 Å². The number of carbonyl (C=O) groups is 1. The summed E-state index contributed by atoms with van der Waals surface area (Å²) in [6, 6.07) is 9.45. The lowest BCUT2D eigenvalue weighted by atomic mass is 10.2. The maximum atomic E-state index is 12.0.